The molecule has 0 N–H and O–H groups in total. The fourth-order valence-electron chi connectivity index (χ4n) is 2.71. The van der Waals surface area contributed by atoms with Gasteiger partial charge < -0.3 is 9.47 Å². The number of nitrogens with zero attached hydrogens (tertiary/aromatic N) is 1. The molecule has 0 bridgehead atoms. The molecule has 0 aromatic heterocycles. The Morgan fingerprint density at radius 1 is 0.737 bits per heavy atom. The lowest BCUT2D eigenvalue weighted by molar-refractivity contribution is -0.297. The zero-order chi connectivity index (χ0) is 14.6. The van der Waals surface area contributed by atoms with Crippen LogP contribution in [0.15, 0.2) is 0 Å². The van der Waals surface area contributed by atoms with Crippen molar-refractivity contribution in [3.05, 3.63) is 0 Å². The molecule has 0 aromatic carbocycles. The largest absolute Gasteiger partial charge is 0.341 e. The highest BCUT2D eigenvalue weighted by atomic mass is 16.7. The minimum absolute atomic E-state index is 0.521. The average Bonchev–Trinajstić information content (AvgIpc) is 2.45. The summed E-state index contributed by atoms with van der Waals surface area (Å²) < 4.78 is 11.4. The molecule has 0 rings (SSSR count). The van der Waals surface area contributed by atoms with Crippen LogP contribution in [0.4, 0.5) is 0 Å². The maximum absolute atomic E-state index is 5.68. The SMILES string of the molecule is CCCCCCCCCC(OC)(OC)N(CC)CC. The third kappa shape index (κ3) is 6.73. The van der Waals surface area contributed by atoms with Gasteiger partial charge >= 0.3 is 0 Å². The minimum Gasteiger partial charge on any atom is -0.341 e. The molecule has 0 aromatic rings. The van der Waals surface area contributed by atoms with Crippen molar-refractivity contribution in [2.45, 2.75) is 78.0 Å². The van der Waals surface area contributed by atoms with Crippen LogP contribution in [0, 0.1) is 0 Å². The lowest BCUT2D eigenvalue weighted by Crippen LogP contribution is -2.51. The molecule has 0 amide bonds. The van der Waals surface area contributed by atoms with Gasteiger partial charge in [0.15, 0.2) is 0 Å². The average molecular weight is 273 g/mol. The van der Waals surface area contributed by atoms with E-state index in [0.29, 0.717) is 0 Å². The maximum atomic E-state index is 5.68. The Morgan fingerprint density at radius 3 is 1.63 bits per heavy atom. The van der Waals surface area contributed by atoms with E-state index in [0.717, 1.165) is 19.5 Å². The lowest BCUT2D eigenvalue weighted by Gasteiger charge is -2.40. The summed E-state index contributed by atoms with van der Waals surface area (Å²) in [5.74, 6) is -0.521. The fourth-order valence-corrected chi connectivity index (χ4v) is 2.71. The van der Waals surface area contributed by atoms with Gasteiger partial charge in [0.25, 0.3) is 0 Å². The molecule has 3 heteroatoms. The smallest absolute Gasteiger partial charge is 0.229 e. The molecular weight excluding hydrogens is 238 g/mol. The van der Waals surface area contributed by atoms with Gasteiger partial charge in [-0.3, -0.25) is 4.90 Å². The molecule has 0 aliphatic carbocycles. The molecule has 0 heterocycles. The second-order valence-electron chi connectivity index (χ2n) is 5.16. The molecule has 0 atom stereocenters. The monoisotopic (exact) mass is 273 g/mol. The molecule has 0 radical (unpaired) electrons. The third-order valence-electron chi connectivity index (χ3n) is 3.98. The second kappa shape index (κ2) is 11.7. The Balaban J connectivity index is 4.00. The summed E-state index contributed by atoms with van der Waals surface area (Å²) in [7, 11) is 3.51. The Hall–Kier alpha value is -0.120. The van der Waals surface area contributed by atoms with E-state index in [-0.39, 0.29) is 0 Å². The molecule has 0 saturated carbocycles. The van der Waals surface area contributed by atoms with Crippen molar-refractivity contribution in [3.63, 3.8) is 0 Å². The van der Waals surface area contributed by atoms with Crippen LogP contribution in [-0.2, 0) is 9.47 Å². The first-order valence-corrected chi connectivity index (χ1v) is 8.06. The topological polar surface area (TPSA) is 21.7 Å². The fraction of sp³-hybridized carbons (Fsp3) is 1.00. The summed E-state index contributed by atoms with van der Waals surface area (Å²) in [5.41, 5.74) is 0. The van der Waals surface area contributed by atoms with Gasteiger partial charge in [0.2, 0.25) is 5.91 Å². The van der Waals surface area contributed by atoms with Crippen LogP contribution < -0.4 is 0 Å². The van der Waals surface area contributed by atoms with Gasteiger partial charge in [-0.05, 0) is 6.42 Å². The van der Waals surface area contributed by atoms with Crippen LogP contribution in [-0.4, -0.2) is 38.1 Å². The quantitative estimate of drug-likeness (QED) is 0.366. The van der Waals surface area contributed by atoms with Crippen LogP contribution >= 0.6 is 0 Å². The highest BCUT2D eigenvalue weighted by molar-refractivity contribution is 4.70. The molecule has 0 aliphatic rings. The van der Waals surface area contributed by atoms with Crippen molar-refractivity contribution in [1.82, 2.24) is 4.90 Å². The number of ether oxygens (including phenoxy) is 2. The first-order valence-electron chi connectivity index (χ1n) is 8.06. The molecule has 0 unspecified atom stereocenters. The van der Waals surface area contributed by atoms with Crippen LogP contribution in [0.5, 0.6) is 0 Å². The van der Waals surface area contributed by atoms with E-state index in [1.165, 1.54) is 44.9 Å². The van der Waals surface area contributed by atoms with Crippen molar-refractivity contribution >= 4 is 0 Å². The number of rotatable bonds is 13. The highest BCUT2D eigenvalue weighted by Gasteiger charge is 2.34. The standard InChI is InChI=1S/C16H35NO2/c1-6-9-10-11-12-13-14-15-16(18-4,19-5)17(7-2)8-3/h6-15H2,1-5H3. The summed E-state index contributed by atoms with van der Waals surface area (Å²) in [4.78, 5) is 2.25. The number of hydrogen-bond donors (Lipinski definition) is 0. The van der Waals surface area contributed by atoms with Crippen molar-refractivity contribution in [2.24, 2.45) is 0 Å². The molecule has 0 fully saturated rings. The predicted octanol–water partition coefficient (Wildman–Crippen LogP) is 4.42. The van der Waals surface area contributed by atoms with Crippen LogP contribution in [0.2, 0.25) is 0 Å². The predicted molar refractivity (Wildman–Crippen MR) is 82.3 cm³/mol. The van der Waals surface area contributed by atoms with E-state index in [1.807, 2.05) is 0 Å². The van der Waals surface area contributed by atoms with E-state index in [4.69, 9.17) is 9.47 Å². The summed E-state index contributed by atoms with van der Waals surface area (Å²) in [6.45, 7) is 8.47. The van der Waals surface area contributed by atoms with Crippen LogP contribution in [0.25, 0.3) is 0 Å². The zero-order valence-electron chi connectivity index (χ0n) is 13.8. The number of hydrogen-bond acceptors (Lipinski definition) is 3. The summed E-state index contributed by atoms with van der Waals surface area (Å²) in [5, 5.41) is 0. The van der Waals surface area contributed by atoms with E-state index < -0.39 is 5.91 Å². The minimum atomic E-state index is -0.521. The van der Waals surface area contributed by atoms with Crippen molar-refractivity contribution < 1.29 is 9.47 Å². The van der Waals surface area contributed by atoms with Gasteiger partial charge in [-0.2, -0.15) is 0 Å². The Labute approximate surface area is 120 Å². The molecule has 3 nitrogen and oxygen atoms in total. The van der Waals surface area contributed by atoms with Gasteiger partial charge in [-0.25, -0.2) is 0 Å². The zero-order valence-corrected chi connectivity index (χ0v) is 13.8. The van der Waals surface area contributed by atoms with Gasteiger partial charge in [-0.1, -0.05) is 59.3 Å². The molecule has 0 saturated heterocycles. The Kier molecular flexibility index (Phi) is 11.6. The van der Waals surface area contributed by atoms with E-state index in [1.54, 1.807) is 14.2 Å². The van der Waals surface area contributed by atoms with E-state index in [9.17, 15) is 0 Å². The van der Waals surface area contributed by atoms with E-state index >= 15 is 0 Å². The van der Waals surface area contributed by atoms with Crippen molar-refractivity contribution in [2.75, 3.05) is 27.3 Å². The summed E-state index contributed by atoms with van der Waals surface area (Å²) in [6, 6.07) is 0. The Bertz CT molecular complexity index is 189. The van der Waals surface area contributed by atoms with Crippen molar-refractivity contribution in [1.29, 1.82) is 0 Å². The van der Waals surface area contributed by atoms with Crippen LogP contribution in [0.1, 0.15) is 72.1 Å². The number of unbranched alkanes of at least 4 members (excludes halogenated alkanes) is 6. The highest BCUT2D eigenvalue weighted by Crippen LogP contribution is 2.25. The molecule has 19 heavy (non-hydrogen) atoms. The van der Waals surface area contributed by atoms with Gasteiger partial charge in [0.1, 0.15) is 0 Å². The van der Waals surface area contributed by atoms with Gasteiger partial charge in [0, 0.05) is 33.7 Å². The molecular formula is C16H35NO2. The normalized spacial score (nSPS) is 12.3. The van der Waals surface area contributed by atoms with Gasteiger partial charge in [0.05, 0.1) is 0 Å². The first-order chi connectivity index (χ1) is 9.20. The van der Waals surface area contributed by atoms with E-state index in [2.05, 4.69) is 25.7 Å². The van der Waals surface area contributed by atoms with Crippen LogP contribution in [0.3, 0.4) is 0 Å². The van der Waals surface area contributed by atoms with Crippen molar-refractivity contribution in [3.8, 4) is 0 Å². The Morgan fingerprint density at radius 2 is 1.21 bits per heavy atom. The number of methoxy groups -OCH3 is 2. The summed E-state index contributed by atoms with van der Waals surface area (Å²) in [6.07, 6.45) is 10.2. The lowest BCUT2D eigenvalue weighted by atomic mass is 10.1. The molecule has 116 valence electrons. The first kappa shape index (κ1) is 18.9. The second-order valence-corrected chi connectivity index (χ2v) is 5.16. The molecule has 0 aliphatic heterocycles. The van der Waals surface area contributed by atoms with Gasteiger partial charge in [-0.15, -0.1) is 0 Å². The third-order valence-corrected chi connectivity index (χ3v) is 3.98. The molecule has 0 spiro atoms. The summed E-state index contributed by atoms with van der Waals surface area (Å²) >= 11 is 0. The maximum Gasteiger partial charge on any atom is 0.229 e.